The van der Waals surface area contributed by atoms with Crippen LogP contribution in [0.2, 0.25) is 0 Å². The molecule has 172 valence electrons. The van der Waals surface area contributed by atoms with E-state index >= 15 is 0 Å². The van der Waals surface area contributed by atoms with Crippen molar-refractivity contribution in [1.29, 1.82) is 0 Å². The molecular formula is C21H26F3N7O. The molecule has 0 saturated carbocycles. The number of fused-ring (bicyclic) bond motifs is 1. The maximum Gasteiger partial charge on any atom is 0.434 e. The summed E-state index contributed by atoms with van der Waals surface area (Å²) in [6.45, 7) is 3.55. The third kappa shape index (κ3) is 4.93. The van der Waals surface area contributed by atoms with Gasteiger partial charge in [0.15, 0.2) is 11.5 Å². The Morgan fingerprint density at radius 1 is 1.38 bits per heavy atom. The molecular weight excluding hydrogens is 423 g/mol. The number of hydrogen-bond acceptors (Lipinski definition) is 8. The second-order valence-electron chi connectivity index (χ2n) is 8.25. The van der Waals surface area contributed by atoms with Crippen LogP contribution < -0.4 is 10.2 Å². The van der Waals surface area contributed by atoms with Crippen LogP contribution in [0.5, 0.6) is 0 Å². The number of anilines is 1. The SMILES string of the molecule is CN(CCCC=O)CC1CCN(c2ccnc(C3=CNC4C=NC(C(F)(F)F)=CN34)n2)C1. The molecule has 0 bridgehead atoms. The summed E-state index contributed by atoms with van der Waals surface area (Å²) in [5.74, 6) is 1.61. The summed E-state index contributed by atoms with van der Waals surface area (Å²) in [4.78, 5) is 28.8. The van der Waals surface area contributed by atoms with Gasteiger partial charge in [-0.3, -0.25) is 4.99 Å². The van der Waals surface area contributed by atoms with Gasteiger partial charge in [0.05, 0.1) is 0 Å². The summed E-state index contributed by atoms with van der Waals surface area (Å²) < 4.78 is 39.3. The van der Waals surface area contributed by atoms with E-state index in [1.807, 2.05) is 6.07 Å². The number of nitrogens with zero attached hydrogens (tertiary/aromatic N) is 6. The molecule has 1 N–H and O–H groups in total. The van der Waals surface area contributed by atoms with Crippen molar-refractivity contribution < 1.29 is 18.0 Å². The molecule has 0 radical (unpaired) electrons. The van der Waals surface area contributed by atoms with Crippen molar-refractivity contribution in [3.63, 3.8) is 0 Å². The molecule has 3 aliphatic heterocycles. The van der Waals surface area contributed by atoms with Gasteiger partial charge >= 0.3 is 6.18 Å². The number of aliphatic imine (C=N–C) groups is 1. The fraction of sp³-hybridized carbons (Fsp3) is 0.524. The van der Waals surface area contributed by atoms with Gasteiger partial charge in [0.25, 0.3) is 0 Å². The van der Waals surface area contributed by atoms with E-state index in [0.717, 1.165) is 57.3 Å². The molecule has 32 heavy (non-hydrogen) atoms. The number of unbranched alkanes of at least 4 members (excludes halogenated alkanes) is 1. The zero-order chi connectivity index (χ0) is 22.7. The van der Waals surface area contributed by atoms with Crippen molar-refractivity contribution in [1.82, 2.24) is 25.1 Å². The summed E-state index contributed by atoms with van der Waals surface area (Å²) >= 11 is 0. The van der Waals surface area contributed by atoms with Crippen LogP contribution in [-0.2, 0) is 4.79 Å². The first-order valence-corrected chi connectivity index (χ1v) is 10.6. The van der Waals surface area contributed by atoms with Crippen LogP contribution in [0.25, 0.3) is 5.70 Å². The minimum atomic E-state index is -4.52. The first kappa shape index (κ1) is 22.3. The number of aromatic nitrogens is 2. The Bertz CT molecular complexity index is 930. The van der Waals surface area contributed by atoms with Crippen LogP contribution in [0.15, 0.2) is 35.4 Å². The zero-order valence-electron chi connectivity index (χ0n) is 17.8. The molecule has 2 unspecified atom stereocenters. The predicted molar refractivity (Wildman–Crippen MR) is 115 cm³/mol. The van der Waals surface area contributed by atoms with Crippen molar-refractivity contribution in [3.8, 4) is 0 Å². The molecule has 4 rings (SSSR count). The van der Waals surface area contributed by atoms with E-state index in [2.05, 4.69) is 37.1 Å². The molecule has 4 heterocycles. The van der Waals surface area contributed by atoms with Crippen LogP contribution in [0.1, 0.15) is 25.1 Å². The summed E-state index contributed by atoms with van der Waals surface area (Å²) in [6, 6.07) is 1.83. The average molecular weight is 449 g/mol. The molecule has 8 nitrogen and oxygen atoms in total. The van der Waals surface area contributed by atoms with E-state index in [1.165, 1.54) is 11.1 Å². The fourth-order valence-electron chi connectivity index (χ4n) is 4.19. The van der Waals surface area contributed by atoms with E-state index < -0.39 is 18.0 Å². The average Bonchev–Trinajstić information content (AvgIpc) is 3.40. The van der Waals surface area contributed by atoms with Crippen LogP contribution in [-0.4, -0.2) is 77.8 Å². The summed E-state index contributed by atoms with van der Waals surface area (Å²) in [5.41, 5.74) is -0.491. The molecule has 0 aromatic carbocycles. The van der Waals surface area contributed by atoms with Gasteiger partial charge in [0, 0.05) is 50.9 Å². The Balaban J connectivity index is 1.42. The largest absolute Gasteiger partial charge is 0.434 e. The molecule has 1 fully saturated rings. The van der Waals surface area contributed by atoms with E-state index in [1.54, 1.807) is 12.4 Å². The van der Waals surface area contributed by atoms with Gasteiger partial charge in [-0.1, -0.05) is 0 Å². The maximum absolute atomic E-state index is 13.1. The Hall–Kier alpha value is -2.95. The fourth-order valence-corrected chi connectivity index (χ4v) is 4.19. The minimum absolute atomic E-state index is 0.361. The first-order valence-electron chi connectivity index (χ1n) is 10.6. The highest BCUT2D eigenvalue weighted by atomic mass is 19.4. The lowest BCUT2D eigenvalue weighted by molar-refractivity contribution is -0.108. The van der Waals surface area contributed by atoms with Crippen molar-refractivity contribution in [3.05, 3.63) is 36.2 Å². The van der Waals surface area contributed by atoms with E-state index in [-0.39, 0.29) is 0 Å². The lowest BCUT2D eigenvalue weighted by Gasteiger charge is -2.27. The van der Waals surface area contributed by atoms with Crippen molar-refractivity contribution >= 4 is 24.0 Å². The standard InChI is InChI=1S/C21H26F3N7O/c1-29(7-2-3-9-32)12-15-5-8-30(13-15)18-4-6-25-20(28-18)16-10-27-19-11-26-17(14-31(16)19)21(22,23)24/h4,6,9-11,14-15,19,27H,2-3,5,7-8,12-13H2,1H3. The van der Waals surface area contributed by atoms with Crippen LogP contribution in [0.4, 0.5) is 19.0 Å². The molecule has 2 atom stereocenters. The first-order chi connectivity index (χ1) is 15.3. The highest BCUT2D eigenvalue weighted by Crippen LogP contribution is 2.33. The molecule has 0 spiro atoms. The number of carbonyl (C=O) groups is 1. The van der Waals surface area contributed by atoms with Gasteiger partial charge in [0.1, 0.15) is 24.0 Å². The van der Waals surface area contributed by atoms with Gasteiger partial charge in [0.2, 0.25) is 0 Å². The number of hydrogen-bond donors (Lipinski definition) is 1. The van der Waals surface area contributed by atoms with Gasteiger partial charge in [-0.15, -0.1) is 0 Å². The molecule has 0 amide bonds. The molecule has 1 aromatic rings. The molecule has 1 saturated heterocycles. The number of allylic oxidation sites excluding steroid dienone is 1. The smallest absolute Gasteiger partial charge is 0.365 e. The third-order valence-electron chi connectivity index (χ3n) is 5.79. The number of rotatable bonds is 8. The summed E-state index contributed by atoms with van der Waals surface area (Å²) in [5, 5.41) is 3.00. The number of carbonyl (C=O) groups excluding carboxylic acids is 1. The Morgan fingerprint density at radius 3 is 3.00 bits per heavy atom. The summed E-state index contributed by atoms with van der Waals surface area (Å²) in [7, 11) is 2.07. The normalized spacial score (nSPS) is 22.7. The quantitative estimate of drug-likeness (QED) is 0.482. The second kappa shape index (κ2) is 9.27. The molecule has 11 heteroatoms. The Kier molecular flexibility index (Phi) is 6.45. The number of nitrogens with one attached hydrogen (secondary N) is 1. The van der Waals surface area contributed by atoms with Gasteiger partial charge in [-0.25, -0.2) is 9.97 Å². The maximum atomic E-state index is 13.1. The molecule has 3 aliphatic rings. The van der Waals surface area contributed by atoms with E-state index in [9.17, 15) is 18.0 Å². The number of aldehydes is 1. The lowest BCUT2D eigenvalue weighted by atomic mass is 10.1. The lowest BCUT2D eigenvalue weighted by Crippen LogP contribution is -2.38. The topological polar surface area (TPSA) is 77.0 Å². The predicted octanol–water partition coefficient (Wildman–Crippen LogP) is 2.23. The number of alkyl halides is 3. The number of halogens is 3. The van der Waals surface area contributed by atoms with Gasteiger partial charge in [-0.2, -0.15) is 13.2 Å². The monoisotopic (exact) mass is 449 g/mol. The van der Waals surface area contributed by atoms with Gasteiger partial charge in [-0.05, 0) is 38.4 Å². The second-order valence-corrected chi connectivity index (χ2v) is 8.25. The molecule has 1 aromatic heterocycles. The summed E-state index contributed by atoms with van der Waals surface area (Å²) in [6.07, 6.45) is 3.88. The van der Waals surface area contributed by atoms with E-state index in [4.69, 9.17) is 0 Å². The Labute approximate surface area is 184 Å². The van der Waals surface area contributed by atoms with Crippen LogP contribution in [0, 0.1) is 5.92 Å². The Morgan fingerprint density at radius 2 is 2.22 bits per heavy atom. The molecule has 0 aliphatic carbocycles. The van der Waals surface area contributed by atoms with Crippen LogP contribution in [0.3, 0.4) is 0 Å². The van der Waals surface area contributed by atoms with Gasteiger partial charge < -0.3 is 24.8 Å². The van der Waals surface area contributed by atoms with Crippen molar-refractivity contribution in [2.24, 2.45) is 10.9 Å². The third-order valence-corrected chi connectivity index (χ3v) is 5.79. The highest BCUT2D eigenvalue weighted by molar-refractivity contribution is 5.76. The zero-order valence-corrected chi connectivity index (χ0v) is 17.8. The minimum Gasteiger partial charge on any atom is -0.365 e. The van der Waals surface area contributed by atoms with Crippen molar-refractivity contribution in [2.75, 3.05) is 38.1 Å². The highest BCUT2D eigenvalue weighted by Gasteiger charge is 2.39. The van der Waals surface area contributed by atoms with E-state index in [0.29, 0.717) is 23.9 Å². The van der Waals surface area contributed by atoms with Crippen molar-refractivity contribution in [2.45, 2.75) is 31.6 Å². The van der Waals surface area contributed by atoms with Crippen LogP contribution >= 0.6 is 0 Å².